The smallest absolute Gasteiger partial charge is 0.409 e. The highest BCUT2D eigenvalue weighted by atomic mass is 32.1. The van der Waals surface area contributed by atoms with Gasteiger partial charge in [0.1, 0.15) is 0 Å². The van der Waals surface area contributed by atoms with Crippen LogP contribution in [0.1, 0.15) is 6.92 Å². The van der Waals surface area contributed by atoms with Gasteiger partial charge in [0.05, 0.1) is 19.5 Å². The number of ether oxygens (including phenoxy) is 1. The zero-order chi connectivity index (χ0) is 6.41. The first-order valence-electron chi connectivity index (χ1n) is 1.99. The standard InChI is InChI=1S/C3H6NO3S/c1-2-6-3(5)4-7-8/h8H,2H2,1H3/q+1. The van der Waals surface area contributed by atoms with Crippen LogP contribution >= 0.6 is 12.9 Å². The molecule has 0 N–H and O–H groups in total. The minimum atomic E-state index is -0.762. The largest absolute Gasteiger partial charge is 0.678 e. The molecule has 0 fully saturated rings. The average molecular weight is 136 g/mol. The summed E-state index contributed by atoms with van der Waals surface area (Å²) in [4.78, 5) is 10.1. The van der Waals surface area contributed by atoms with Crippen molar-refractivity contribution in [3.63, 3.8) is 0 Å². The van der Waals surface area contributed by atoms with Crippen LogP contribution in [-0.4, -0.2) is 12.7 Å². The lowest BCUT2D eigenvalue weighted by molar-refractivity contribution is 0.111. The molecule has 0 aromatic carbocycles. The van der Waals surface area contributed by atoms with Crippen LogP contribution < -0.4 is 5.48 Å². The van der Waals surface area contributed by atoms with E-state index in [-0.39, 0.29) is 0 Å². The second-order valence-corrected chi connectivity index (χ2v) is 1.04. The van der Waals surface area contributed by atoms with E-state index in [1.54, 1.807) is 6.92 Å². The van der Waals surface area contributed by atoms with E-state index in [1.807, 2.05) is 0 Å². The monoisotopic (exact) mass is 136 g/mol. The van der Waals surface area contributed by atoms with Crippen molar-refractivity contribution >= 4 is 19.0 Å². The topological polar surface area (TPSA) is 49.6 Å². The summed E-state index contributed by atoms with van der Waals surface area (Å²) in [5.74, 6) is 0. The molecule has 0 aliphatic rings. The number of hydrogen-bond donors (Lipinski definition) is 1. The summed E-state index contributed by atoms with van der Waals surface area (Å²) in [5, 5.41) is 0. The Balaban J connectivity index is 3.06. The van der Waals surface area contributed by atoms with Gasteiger partial charge < -0.3 is 4.74 Å². The Morgan fingerprint density at radius 2 is 2.50 bits per heavy atom. The number of thiol groups is 1. The molecular weight excluding hydrogens is 130 g/mol. The van der Waals surface area contributed by atoms with Gasteiger partial charge in [0.15, 0.2) is 0 Å². The van der Waals surface area contributed by atoms with Crippen LogP contribution in [0.25, 0.3) is 0 Å². The van der Waals surface area contributed by atoms with Gasteiger partial charge in [-0.3, -0.25) is 0 Å². The van der Waals surface area contributed by atoms with Gasteiger partial charge >= 0.3 is 11.6 Å². The molecule has 0 rings (SSSR count). The third-order valence-corrected chi connectivity index (χ3v) is 0.465. The molecule has 0 unspecified atom stereocenters. The Hall–Kier alpha value is -0.260. The van der Waals surface area contributed by atoms with Crippen molar-refractivity contribution < 1.29 is 13.8 Å². The lowest BCUT2D eigenvalue weighted by atomic mass is 10.9. The van der Waals surface area contributed by atoms with Gasteiger partial charge in [-0.15, -0.1) is 0 Å². The highest BCUT2D eigenvalue weighted by Crippen LogP contribution is 1.79. The summed E-state index contributed by atoms with van der Waals surface area (Å²) in [6, 6.07) is 0. The maximum absolute atomic E-state index is 10.1. The predicted octanol–water partition coefficient (Wildman–Crippen LogP) is 0.524. The van der Waals surface area contributed by atoms with E-state index in [4.69, 9.17) is 0 Å². The summed E-state index contributed by atoms with van der Waals surface area (Å²) in [5.41, 5.74) is 2.82. The Bertz CT molecular complexity index is 68.9. The fourth-order valence-corrected chi connectivity index (χ4v) is 0.250. The second-order valence-electron chi connectivity index (χ2n) is 0.872. The van der Waals surface area contributed by atoms with Crippen molar-refractivity contribution in [2.45, 2.75) is 6.92 Å². The number of hydroxylamine groups is 1. The van der Waals surface area contributed by atoms with Crippen molar-refractivity contribution in [3.8, 4) is 0 Å². The summed E-state index contributed by atoms with van der Waals surface area (Å²) in [6.45, 7) is 1.96. The van der Waals surface area contributed by atoms with Gasteiger partial charge in [-0.2, -0.15) is 4.79 Å². The third kappa shape index (κ3) is 3.91. The van der Waals surface area contributed by atoms with Crippen molar-refractivity contribution in [3.05, 3.63) is 0 Å². The predicted molar refractivity (Wildman–Crippen MR) is 29.2 cm³/mol. The quantitative estimate of drug-likeness (QED) is 0.342. The minimum absolute atomic E-state index is 0.291. The minimum Gasteiger partial charge on any atom is -0.409 e. The van der Waals surface area contributed by atoms with Crippen LogP contribution in [0.3, 0.4) is 0 Å². The fourth-order valence-electron chi connectivity index (χ4n) is 0.183. The van der Waals surface area contributed by atoms with E-state index in [0.29, 0.717) is 6.61 Å². The summed E-state index contributed by atoms with van der Waals surface area (Å²) < 4.78 is 8.10. The Morgan fingerprint density at radius 3 is 2.88 bits per heavy atom. The zero-order valence-electron chi connectivity index (χ0n) is 4.33. The van der Waals surface area contributed by atoms with Crippen LogP contribution in [0.4, 0.5) is 4.79 Å². The van der Waals surface area contributed by atoms with Crippen molar-refractivity contribution in [2.24, 2.45) is 0 Å². The normalized spacial score (nSPS) is 8.75. The molecule has 0 aliphatic heterocycles. The summed E-state index contributed by atoms with van der Waals surface area (Å²) in [6.07, 6.45) is -0.762. The lowest BCUT2D eigenvalue weighted by Gasteiger charge is -1.81. The number of amides is 1. The number of hydrogen-bond acceptors (Lipinski definition) is 4. The van der Waals surface area contributed by atoms with Gasteiger partial charge in [-0.25, -0.2) is 0 Å². The highest BCUT2D eigenvalue weighted by molar-refractivity contribution is 7.75. The number of carbonyl (C=O) groups is 1. The third-order valence-electron chi connectivity index (χ3n) is 0.383. The zero-order valence-corrected chi connectivity index (χ0v) is 5.22. The van der Waals surface area contributed by atoms with E-state index >= 15 is 0 Å². The first-order valence-corrected chi connectivity index (χ1v) is 2.36. The average Bonchev–Trinajstić information content (AvgIpc) is 1.68. The molecule has 0 saturated carbocycles. The second kappa shape index (κ2) is 4.89. The highest BCUT2D eigenvalue weighted by Gasteiger charge is 2.21. The maximum atomic E-state index is 10.1. The maximum Gasteiger partial charge on any atom is 0.678 e. The molecule has 0 aromatic rings. The van der Waals surface area contributed by atoms with Gasteiger partial charge in [0.2, 0.25) is 0 Å². The summed E-state index contributed by atoms with van der Waals surface area (Å²) >= 11 is 3.19. The van der Waals surface area contributed by atoms with Crippen LogP contribution in [-0.2, 0) is 9.02 Å². The number of carbonyl (C=O) groups excluding carboxylic acids is 1. The lowest BCUT2D eigenvalue weighted by Crippen LogP contribution is -2.13. The van der Waals surface area contributed by atoms with E-state index in [2.05, 4.69) is 27.4 Å². The molecule has 0 aliphatic carbocycles. The molecule has 0 spiro atoms. The van der Waals surface area contributed by atoms with E-state index in [0.717, 1.165) is 0 Å². The molecule has 0 atom stereocenters. The van der Waals surface area contributed by atoms with Gasteiger partial charge in [-0.05, 0) is 11.2 Å². The molecule has 0 saturated heterocycles. The van der Waals surface area contributed by atoms with Crippen molar-refractivity contribution in [1.29, 1.82) is 0 Å². The molecule has 5 heteroatoms. The van der Waals surface area contributed by atoms with E-state index < -0.39 is 6.09 Å². The molecular formula is C3H6NO3S+. The first-order chi connectivity index (χ1) is 3.81. The van der Waals surface area contributed by atoms with E-state index in [9.17, 15) is 4.79 Å². The Kier molecular flexibility index (Phi) is 4.73. The molecule has 8 heavy (non-hydrogen) atoms. The van der Waals surface area contributed by atoms with Crippen molar-refractivity contribution in [1.82, 2.24) is 5.48 Å². The molecule has 0 heterocycles. The molecule has 46 valence electrons. The van der Waals surface area contributed by atoms with Gasteiger partial charge in [0, 0.05) is 0 Å². The number of nitrogens with zero attached hydrogens (tertiary/aromatic N) is 1. The fraction of sp³-hybridized carbons (Fsp3) is 0.667. The van der Waals surface area contributed by atoms with Crippen molar-refractivity contribution in [2.75, 3.05) is 6.61 Å². The van der Waals surface area contributed by atoms with Crippen LogP contribution in [0.5, 0.6) is 0 Å². The van der Waals surface area contributed by atoms with Gasteiger partial charge in [-0.1, -0.05) is 0 Å². The first kappa shape index (κ1) is 7.74. The molecule has 2 radical (unpaired) electrons. The Morgan fingerprint density at radius 1 is 1.88 bits per heavy atom. The molecule has 0 bridgehead atoms. The van der Waals surface area contributed by atoms with Gasteiger partial charge in [0.25, 0.3) is 0 Å². The molecule has 1 amide bonds. The van der Waals surface area contributed by atoms with Crippen LogP contribution in [0.15, 0.2) is 0 Å². The van der Waals surface area contributed by atoms with E-state index in [1.165, 1.54) is 0 Å². The van der Waals surface area contributed by atoms with Crippen LogP contribution in [0.2, 0.25) is 0 Å². The summed E-state index contributed by atoms with van der Waals surface area (Å²) in [7, 11) is 0. The Labute approximate surface area is 52.7 Å². The number of rotatable bonds is 2. The molecule has 0 aromatic heterocycles. The van der Waals surface area contributed by atoms with Crippen LogP contribution in [0, 0.1) is 0 Å². The molecule has 4 nitrogen and oxygen atoms in total. The SMILES string of the molecule is CCOC(=O)[N+]OS.